The van der Waals surface area contributed by atoms with Crippen LogP contribution in [-0.4, -0.2) is 69.0 Å². The second-order valence-electron chi connectivity index (χ2n) is 9.12. The molecule has 1 saturated heterocycles. The van der Waals surface area contributed by atoms with Gasteiger partial charge in [-0.05, 0) is 39.2 Å². The summed E-state index contributed by atoms with van der Waals surface area (Å²) in [4.78, 5) is 41.9. The number of hydrogen-bond acceptors (Lipinski definition) is 8. The van der Waals surface area contributed by atoms with Gasteiger partial charge < -0.3 is 20.3 Å². The molecule has 11 nitrogen and oxygen atoms in total. The summed E-state index contributed by atoms with van der Waals surface area (Å²) < 4.78 is 6.83. The molecule has 2 fully saturated rings. The van der Waals surface area contributed by atoms with Gasteiger partial charge in [0.2, 0.25) is 0 Å². The van der Waals surface area contributed by atoms with Gasteiger partial charge in [0.05, 0.1) is 42.7 Å². The zero-order valence-corrected chi connectivity index (χ0v) is 21.8. The lowest BCUT2D eigenvalue weighted by Gasteiger charge is -2.27. The maximum absolute atomic E-state index is 13.6. The van der Waals surface area contributed by atoms with Crippen molar-refractivity contribution in [3.05, 3.63) is 53.0 Å². The number of ether oxygens (including phenoxy) is 1. The number of carbonyl (C=O) groups is 2. The Labute approximate surface area is 216 Å². The minimum atomic E-state index is -0.476. The minimum Gasteiger partial charge on any atom is -0.378 e. The Morgan fingerprint density at radius 3 is 2.65 bits per heavy atom. The van der Waals surface area contributed by atoms with Crippen LogP contribution in [0.2, 0.25) is 0 Å². The summed E-state index contributed by atoms with van der Waals surface area (Å²) in [6.07, 6.45) is 11.4. The van der Waals surface area contributed by atoms with Crippen LogP contribution >= 0.6 is 0 Å². The van der Waals surface area contributed by atoms with E-state index >= 15 is 0 Å². The van der Waals surface area contributed by atoms with E-state index in [4.69, 9.17) is 4.74 Å². The number of amides is 2. The SMILES string of the molecule is CC=N/C=C(\C=C(/C)CC)Nc1ncc(C2CC2)nc1C(=O)Nc1cnn(C)c1C(=O)N1CCOCC1. The average molecular weight is 507 g/mol. The van der Waals surface area contributed by atoms with Crippen LogP contribution in [0.5, 0.6) is 0 Å². The molecule has 2 aliphatic rings. The van der Waals surface area contributed by atoms with E-state index in [0.717, 1.165) is 30.5 Å². The van der Waals surface area contributed by atoms with Crippen molar-refractivity contribution in [3.8, 4) is 0 Å². The molecule has 0 atom stereocenters. The summed E-state index contributed by atoms with van der Waals surface area (Å²) in [5, 5.41) is 10.3. The van der Waals surface area contributed by atoms with Crippen molar-refractivity contribution in [1.82, 2.24) is 24.6 Å². The Balaban J connectivity index is 1.64. The Hall–Kier alpha value is -3.86. The van der Waals surface area contributed by atoms with Gasteiger partial charge in [-0.3, -0.25) is 19.3 Å². The molecule has 2 aromatic rings. The molecule has 1 saturated carbocycles. The quantitative estimate of drug-likeness (QED) is 0.394. The average Bonchev–Trinajstić information content (AvgIpc) is 3.70. The van der Waals surface area contributed by atoms with Crippen LogP contribution in [0.15, 0.2) is 40.9 Å². The fourth-order valence-electron chi connectivity index (χ4n) is 3.87. The molecule has 2 aromatic heterocycles. The zero-order valence-electron chi connectivity index (χ0n) is 21.8. The third kappa shape index (κ3) is 6.48. The summed E-state index contributed by atoms with van der Waals surface area (Å²) in [5.41, 5.74) is 3.37. The molecule has 37 heavy (non-hydrogen) atoms. The van der Waals surface area contributed by atoms with Gasteiger partial charge in [-0.1, -0.05) is 12.5 Å². The number of carbonyl (C=O) groups excluding carboxylic acids is 2. The monoisotopic (exact) mass is 506 g/mol. The summed E-state index contributed by atoms with van der Waals surface area (Å²) in [6, 6.07) is 0. The Morgan fingerprint density at radius 1 is 1.22 bits per heavy atom. The second kappa shape index (κ2) is 11.9. The first-order valence-electron chi connectivity index (χ1n) is 12.6. The number of aliphatic imine (C=N–C) groups is 1. The van der Waals surface area contributed by atoms with Crippen LogP contribution in [0.1, 0.15) is 72.6 Å². The van der Waals surface area contributed by atoms with Crippen molar-refractivity contribution in [1.29, 1.82) is 0 Å². The molecular formula is C26H34N8O3. The highest BCUT2D eigenvalue weighted by Crippen LogP contribution is 2.39. The number of hydrogen-bond donors (Lipinski definition) is 2. The van der Waals surface area contributed by atoms with Crippen molar-refractivity contribution in [2.45, 2.75) is 46.0 Å². The van der Waals surface area contributed by atoms with Gasteiger partial charge in [-0.2, -0.15) is 5.10 Å². The first kappa shape index (κ1) is 26.2. The van der Waals surface area contributed by atoms with Gasteiger partial charge in [-0.25, -0.2) is 9.97 Å². The van der Waals surface area contributed by atoms with Gasteiger partial charge in [0, 0.05) is 38.5 Å². The molecule has 0 radical (unpaired) electrons. The zero-order chi connectivity index (χ0) is 26.4. The predicted octanol–water partition coefficient (Wildman–Crippen LogP) is 3.51. The summed E-state index contributed by atoms with van der Waals surface area (Å²) in [5.74, 6) is -0.0647. The standard InChI is InChI=1S/C26H34N8O3/c1-5-17(3)13-19(14-27-6-2)30-24-22(31-20(15-28-24)18-7-8-18)25(35)32-21-16-29-33(4)23(21)26(36)34-9-11-37-12-10-34/h6,13-16,18H,5,7-12H2,1-4H3,(H,28,30)(H,32,35)/b17-13+,19-14+,27-6?. The van der Waals surface area contributed by atoms with E-state index < -0.39 is 5.91 Å². The lowest BCUT2D eigenvalue weighted by Crippen LogP contribution is -2.41. The van der Waals surface area contributed by atoms with Crippen LogP contribution in [-0.2, 0) is 11.8 Å². The number of rotatable bonds is 9. The maximum atomic E-state index is 13.6. The summed E-state index contributed by atoms with van der Waals surface area (Å²) >= 11 is 0. The smallest absolute Gasteiger partial charge is 0.278 e. The first-order valence-corrected chi connectivity index (χ1v) is 12.6. The van der Waals surface area contributed by atoms with Crippen LogP contribution in [0, 0.1) is 0 Å². The fraction of sp³-hybridized carbons (Fsp3) is 0.462. The second-order valence-corrected chi connectivity index (χ2v) is 9.12. The molecule has 11 heteroatoms. The largest absolute Gasteiger partial charge is 0.378 e. The van der Waals surface area contributed by atoms with Crippen molar-refractivity contribution < 1.29 is 14.3 Å². The highest BCUT2D eigenvalue weighted by atomic mass is 16.5. The van der Waals surface area contributed by atoms with Gasteiger partial charge in [-0.15, -0.1) is 0 Å². The number of allylic oxidation sites excluding steroid dienone is 2. The van der Waals surface area contributed by atoms with E-state index in [1.807, 2.05) is 19.9 Å². The van der Waals surface area contributed by atoms with E-state index in [2.05, 4.69) is 37.6 Å². The first-order chi connectivity index (χ1) is 17.9. The highest BCUT2D eigenvalue weighted by Gasteiger charge is 2.29. The summed E-state index contributed by atoms with van der Waals surface area (Å²) in [6.45, 7) is 7.86. The summed E-state index contributed by atoms with van der Waals surface area (Å²) in [7, 11) is 1.68. The molecular weight excluding hydrogens is 472 g/mol. The van der Waals surface area contributed by atoms with Gasteiger partial charge in [0.25, 0.3) is 11.8 Å². The number of anilines is 2. The maximum Gasteiger partial charge on any atom is 0.278 e. The number of aryl methyl sites for hydroxylation is 1. The Bertz CT molecular complexity index is 1240. The Morgan fingerprint density at radius 2 is 1.97 bits per heavy atom. The van der Waals surface area contributed by atoms with Crippen LogP contribution in [0.3, 0.4) is 0 Å². The molecule has 1 aliphatic carbocycles. The molecule has 1 aliphatic heterocycles. The van der Waals surface area contributed by atoms with Crippen LogP contribution in [0.4, 0.5) is 11.5 Å². The van der Waals surface area contributed by atoms with E-state index in [1.54, 1.807) is 30.6 Å². The number of nitrogens with one attached hydrogen (secondary N) is 2. The lowest BCUT2D eigenvalue weighted by molar-refractivity contribution is 0.0296. The minimum absolute atomic E-state index is 0.145. The molecule has 0 spiro atoms. The topological polar surface area (TPSA) is 127 Å². The van der Waals surface area contributed by atoms with Crippen LogP contribution in [0.25, 0.3) is 0 Å². The molecule has 0 unspecified atom stereocenters. The van der Waals surface area contributed by atoms with E-state index in [0.29, 0.717) is 55.1 Å². The van der Waals surface area contributed by atoms with E-state index in [1.165, 1.54) is 10.9 Å². The lowest BCUT2D eigenvalue weighted by atomic mass is 10.2. The predicted molar refractivity (Wildman–Crippen MR) is 142 cm³/mol. The van der Waals surface area contributed by atoms with Gasteiger partial charge in [0.15, 0.2) is 11.5 Å². The molecule has 196 valence electrons. The molecule has 2 N–H and O–H groups in total. The highest BCUT2D eigenvalue weighted by molar-refractivity contribution is 6.09. The molecule has 3 heterocycles. The number of aromatic nitrogens is 4. The molecule has 0 bridgehead atoms. The molecule has 4 rings (SSSR count). The van der Waals surface area contributed by atoms with Crippen molar-refractivity contribution in [3.63, 3.8) is 0 Å². The van der Waals surface area contributed by atoms with E-state index in [9.17, 15) is 9.59 Å². The third-order valence-electron chi connectivity index (χ3n) is 6.27. The Kier molecular flexibility index (Phi) is 8.44. The van der Waals surface area contributed by atoms with Gasteiger partial charge >= 0.3 is 0 Å². The van der Waals surface area contributed by atoms with E-state index in [-0.39, 0.29) is 11.6 Å². The van der Waals surface area contributed by atoms with Crippen LogP contribution < -0.4 is 10.6 Å². The number of nitrogens with zero attached hydrogens (tertiary/aromatic N) is 6. The normalized spacial score (nSPS) is 16.8. The van der Waals surface area contributed by atoms with Crippen molar-refractivity contribution >= 4 is 29.5 Å². The number of morpholine rings is 1. The van der Waals surface area contributed by atoms with Crippen molar-refractivity contribution in [2.24, 2.45) is 12.0 Å². The third-order valence-corrected chi connectivity index (χ3v) is 6.27. The molecule has 2 amide bonds. The fourth-order valence-corrected chi connectivity index (χ4v) is 3.87. The van der Waals surface area contributed by atoms with Crippen molar-refractivity contribution in [2.75, 3.05) is 36.9 Å². The van der Waals surface area contributed by atoms with Gasteiger partial charge in [0.1, 0.15) is 5.69 Å². The molecule has 0 aromatic carbocycles.